The largest absolute Gasteiger partial charge is 0.272 e. The first-order valence-corrected chi connectivity index (χ1v) is 2.70. The van der Waals surface area contributed by atoms with E-state index in [1.807, 2.05) is 0 Å². The van der Waals surface area contributed by atoms with E-state index < -0.39 is 0 Å². The molecule has 1 aliphatic heterocycles. The molecule has 0 fully saturated rings. The van der Waals surface area contributed by atoms with Gasteiger partial charge in [0, 0.05) is 12.2 Å². The smallest absolute Gasteiger partial charge is 0.253 e. The maximum absolute atomic E-state index is 10.1. The Bertz CT molecular complexity index is 80.9. The fourth-order valence-corrected chi connectivity index (χ4v) is 0.889. The number of nitrogens with zero attached hydrogens (tertiary/aromatic N) is 1. The van der Waals surface area contributed by atoms with E-state index in [-0.39, 0.29) is 5.90 Å². The van der Waals surface area contributed by atoms with Gasteiger partial charge in [-0.05, 0) is 11.9 Å². The topological polar surface area (TPSA) is 32.3 Å². The van der Waals surface area contributed by atoms with E-state index in [9.17, 15) is 5.11 Å². The lowest BCUT2D eigenvalue weighted by Crippen LogP contribution is -1.84. The molecule has 2 nitrogen and oxygen atoms in total. The van der Waals surface area contributed by atoms with Crippen molar-refractivity contribution < 1.29 is 5.11 Å². The van der Waals surface area contributed by atoms with Gasteiger partial charge < -0.3 is 0 Å². The van der Waals surface area contributed by atoms with E-state index in [0.717, 1.165) is 5.75 Å². The summed E-state index contributed by atoms with van der Waals surface area (Å²) in [5.74, 6) is 0.929. The highest BCUT2D eigenvalue weighted by Gasteiger charge is 2.04. The van der Waals surface area contributed by atoms with Crippen LogP contribution >= 0.6 is 11.9 Å². The Labute approximate surface area is 40.4 Å². The molecule has 0 atom stereocenters. The summed E-state index contributed by atoms with van der Waals surface area (Å²) in [7, 11) is 0. The summed E-state index contributed by atoms with van der Waals surface area (Å²) in [5, 5.41) is 10.1. The van der Waals surface area contributed by atoms with Crippen LogP contribution in [0.3, 0.4) is 0 Å². The minimum atomic E-state index is 0.0417. The van der Waals surface area contributed by atoms with Crippen molar-refractivity contribution in [3.05, 3.63) is 0 Å². The first kappa shape index (κ1) is 3.99. The average Bonchev–Trinajstić information content (AvgIpc) is 1.86. The third kappa shape index (κ3) is 0.653. The molecule has 3 heteroatoms. The van der Waals surface area contributed by atoms with E-state index >= 15 is 0 Å². The molecule has 0 saturated carbocycles. The van der Waals surface area contributed by atoms with Crippen LogP contribution in [-0.4, -0.2) is 11.7 Å². The van der Waals surface area contributed by atoms with Crippen molar-refractivity contribution in [1.82, 2.24) is 0 Å². The third-order valence-corrected chi connectivity index (χ3v) is 1.29. The second-order valence-corrected chi connectivity index (χ2v) is 1.92. The van der Waals surface area contributed by atoms with Crippen LogP contribution in [0.25, 0.3) is 0 Å². The predicted octanol–water partition coefficient (Wildman–Crippen LogP) is 0.867. The van der Waals surface area contributed by atoms with Crippen LogP contribution in [0.4, 0.5) is 0 Å². The Morgan fingerprint density at radius 1 is 1.83 bits per heavy atom. The maximum Gasteiger partial charge on any atom is 0.253 e. The minimum Gasteiger partial charge on any atom is -0.272 e. The summed E-state index contributed by atoms with van der Waals surface area (Å²) >= 11 is 1.36. The molecule has 0 unspecified atom stereocenters. The zero-order chi connectivity index (χ0) is 4.41. The van der Waals surface area contributed by atoms with Gasteiger partial charge in [-0.3, -0.25) is 5.11 Å². The van der Waals surface area contributed by atoms with Crippen LogP contribution in [0.1, 0.15) is 6.42 Å². The molecule has 0 aromatic heterocycles. The minimum absolute atomic E-state index is 0.0417. The van der Waals surface area contributed by atoms with Crippen LogP contribution in [0, 0.1) is 0 Å². The Morgan fingerprint density at radius 3 is 2.83 bits per heavy atom. The first-order chi connectivity index (χ1) is 2.89. The molecular weight excluding hydrogens is 98.1 g/mol. The Morgan fingerprint density at radius 2 is 2.67 bits per heavy atom. The highest BCUT2D eigenvalue weighted by molar-refractivity contribution is 7.98. The van der Waals surface area contributed by atoms with E-state index in [1.54, 1.807) is 0 Å². The second kappa shape index (κ2) is 1.51. The van der Waals surface area contributed by atoms with E-state index in [1.165, 1.54) is 11.9 Å². The van der Waals surface area contributed by atoms with Gasteiger partial charge in [0.25, 0.3) is 5.90 Å². The molecule has 33 valence electrons. The fraction of sp³-hybridized carbons (Fsp3) is 0.667. The molecule has 0 aromatic rings. The Kier molecular flexibility index (Phi) is 1.01. The average molecular weight is 102 g/mol. The lowest BCUT2D eigenvalue weighted by molar-refractivity contribution is 0.419. The van der Waals surface area contributed by atoms with Crippen LogP contribution in [0.2, 0.25) is 0 Å². The second-order valence-electron chi connectivity index (χ2n) is 1.07. The van der Waals surface area contributed by atoms with Gasteiger partial charge in [-0.25, -0.2) is 0 Å². The Balaban J connectivity index is 2.45. The van der Waals surface area contributed by atoms with Gasteiger partial charge in [0.2, 0.25) is 0 Å². The van der Waals surface area contributed by atoms with Gasteiger partial charge in [-0.15, -0.1) is 0 Å². The third-order valence-electron chi connectivity index (χ3n) is 0.574. The molecule has 0 aromatic carbocycles. The van der Waals surface area contributed by atoms with Crippen molar-refractivity contribution in [1.29, 1.82) is 0 Å². The van der Waals surface area contributed by atoms with E-state index in [0.29, 0.717) is 6.42 Å². The van der Waals surface area contributed by atoms with Crippen LogP contribution in [-0.2, 0) is 5.11 Å². The van der Waals surface area contributed by atoms with Gasteiger partial charge in [0.05, 0.1) is 0 Å². The van der Waals surface area contributed by atoms with Gasteiger partial charge in [0.1, 0.15) is 0 Å². The molecule has 1 heterocycles. The van der Waals surface area contributed by atoms with Crippen molar-refractivity contribution >= 4 is 17.8 Å². The molecule has 0 aliphatic carbocycles. The molecule has 6 heavy (non-hydrogen) atoms. The number of hydrogen-bond donors (Lipinski definition) is 0. The first-order valence-electron chi connectivity index (χ1n) is 1.75. The van der Waals surface area contributed by atoms with E-state index in [2.05, 4.69) is 4.40 Å². The van der Waals surface area contributed by atoms with Crippen molar-refractivity contribution in [2.45, 2.75) is 6.42 Å². The van der Waals surface area contributed by atoms with Crippen molar-refractivity contribution in [2.24, 2.45) is 4.40 Å². The molecule has 0 bridgehead atoms. The van der Waals surface area contributed by atoms with Crippen LogP contribution < -0.4 is 0 Å². The molecule has 1 radical (unpaired) electrons. The van der Waals surface area contributed by atoms with Crippen molar-refractivity contribution in [3.63, 3.8) is 0 Å². The molecule has 0 amide bonds. The van der Waals surface area contributed by atoms with Crippen LogP contribution in [0.15, 0.2) is 4.40 Å². The molecular formula is C3H4NOS. The maximum atomic E-state index is 10.1. The van der Waals surface area contributed by atoms with Gasteiger partial charge in [-0.2, -0.15) is 4.40 Å². The summed E-state index contributed by atoms with van der Waals surface area (Å²) in [6, 6.07) is 0. The number of hydrogen-bond acceptors (Lipinski definition) is 2. The van der Waals surface area contributed by atoms with Gasteiger partial charge in [-0.1, -0.05) is 0 Å². The molecule has 1 aliphatic rings. The lowest BCUT2D eigenvalue weighted by atomic mass is 10.5. The summed E-state index contributed by atoms with van der Waals surface area (Å²) in [5.41, 5.74) is 0. The van der Waals surface area contributed by atoms with Crippen LogP contribution in [0.5, 0.6) is 0 Å². The molecule has 0 spiro atoms. The standard InChI is InChI=1S/C3H4NOS/c5-3-1-2-6-4-3/h1-2H2. The zero-order valence-electron chi connectivity index (χ0n) is 3.18. The normalized spacial score (nSPS) is 21.0. The highest BCUT2D eigenvalue weighted by Crippen LogP contribution is 2.12. The monoisotopic (exact) mass is 102 g/mol. The SMILES string of the molecule is [O]C1=NSCC1. The summed E-state index contributed by atoms with van der Waals surface area (Å²) in [6.07, 6.45) is 0.644. The van der Waals surface area contributed by atoms with Crippen molar-refractivity contribution in [2.75, 3.05) is 5.75 Å². The molecule has 0 N–H and O–H groups in total. The molecule has 0 saturated heterocycles. The van der Waals surface area contributed by atoms with E-state index in [4.69, 9.17) is 0 Å². The van der Waals surface area contributed by atoms with Gasteiger partial charge >= 0.3 is 0 Å². The highest BCUT2D eigenvalue weighted by atomic mass is 32.2. The summed E-state index contributed by atoms with van der Waals surface area (Å²) < 4.78 is 3.51. The summed E-state index contributed by atoms with van der Waals surface area (Å²) in [6.45, 7) is 0. The number of rotatable bonds is 0. The van der Waals surface area contributed by atoms with Crippen molar-refractivity contribution in [3.8, 4) is 0 Å². The zero-order valence-corrected chi connectivity index (χ0v) is 3.99. The summed E-state index contributed by atoms with van der Waals surface area (Å²) in [4.78, 5) is 0. The Hall–Kier alpha value is -0.180. The lowest BCUT2D eigenvalue weighted by Gasteiger charge is -1.68. The van der Waals surface area contributed by atoms with Gasteiger partial charge in [0.15, 0.2) is 0 Å². The quantitative estimate of drug-likeness (QED) is 0.417. The fourth-order valence-electron chi connectivity index (χ4n) is 0.296. The predicted molar refractivity (Wildman–Crippen MR) is 25.2 cm³/mol. The molecule has 1 rings (SSSR count).